The molecule has 156 valence electrons. The molecule has 0 atom stereocenters. The van der Waals surface area contributed by atoms with Crippen molar-refractivity contribution in [2.75, 3.05) is 0 Å². The second kappa shape index (κ2) is 9.05. The number of rotatable bonds is 6. The zero-order valence-corrected chi connectivity index (χ0v) is 18.6. The van der Waals surface area contributed by atoms with Gasteiger partial charge >= 0.3 is 0 Å². The third kappa shape index (κ3) is 4.61. The number of hydrogen-bond acceptors (Lipinski definition) is 2. The number of benzene rings is 3. The van der Waals surface area contributed by atoms with Crippen LogP contribution in [0, 0.1) is 20.8 Å². The highest BCUT2D eigenvalue weighted by Crippen LogP contribution is 2.30. The Kier molecular flexibility index (Phi) is 6.03. The average molecular weight is 409 g/mol. The Morgan fingerprint density at radius 1 is 0.806 bits per heavy atom. The predicted molar refractivity (Wildman–Crippen MR) is 129 cm³/mol. The molecule has 0 unspecified atom stereocenters. The van der Waals surface area contributed by atoms with Gasteiger partial charge in [0.2, 0.25) is 0 Å². The quantitative estimate of drug-likeness (QED) is 0.249. The maximum absolute atomic E-state index is 5.69. The van der Waals surface area contributed by atoms with Crippen molar-refractivity contribution < 1.29 is 4.84 Å². The summed E-state index contributed by atoms with van der Waals surface area (Å²) in [5.74, 6) is 0. The number of oxime groups is 1. The molecule has 3 nitrogen and oxygen atoms in total. The molecule has 31 heavy (non-hydrogen) atoms. The van der Waals surface area contributed by atoms with Crippen molar-refractivity contribution in [1.82, 2.24) is 4.57 Å². The Balaban J connectivity index is 1.69. The topological polar surface area (TPSA) is 26.5 Å². The zero-order chi connectivity index (χ0) is 21.8. The second-order valence-corrected chi connectivity index (χ2v) is 8.00. The fraction of sp³-hybridized carbons (Fsp3) is 0.179. The van der Waals surface area contributed by atoms with E-state index in [1.807, 2.05) is 13.0 Å². The van der Waals surface area contributed by atoms with Crippen LogP contribution in [-0.4, -0.2) is 10.3 Å². The van der Waals surface area contributed by atoms with Crippen molar-refractivity contribution >= 4 is 5.71 Å². The molecule has 0 saturated carbocycles. The first kappa shape index (κ1) is 20.7. The van der Waals surface area contributed by atoms with Gasteiger partial charge in [0, 0.05) is 16.9 Å². The molecule has 0 fully saturated rings. The monoisotopic (exact) mass is 408 g/mol. The summed E-state index contributed by atoms with van der Waals surface area (Å²) in [5.41, 5.74) is 10.2. The molecule has 0 radical (unpaired) electrons. The van der Waals surface area contributed by atoms with Crippen LogP contribution in [0.3, 0.4) is 0 Å². The molecular formula is C28H28N2O. The predicted octanol–water partition coefficient (Wildman–Crippen LogP) is 7.01. The Hall–Kier alpha value is -3.59. The molecular weight excluding hydrogens is 380 g/mol. The Morgan fingerprint density at radius 3 is 2.06 bits per heavy atom. The van der Waals surface area contributed by atoms with E-state index in [9.17, 15) is 0 Å². The van der Waals surface area contributed by atoms with Crippen LogP contribution in [0.1, 0.15) is 34.9 Å². The van der Waals surface area contributed by atoms with Gasteiger partial charge < -0.3 is 9.40 Å². The Bertz CT molecular complexity index is 1180. The Morgan fingerprint density at radius 2 is 1.42 bits per heavy atom. The van der Waals surface area contributed by atoms with Crippen molar-refractivity contribution in [1.29, 1.82) is 0 Å². The molecule has 0 amide bonds. The van der Waals surface area contributed by atoms with Gasteiger partial charge in [-0.1, -0.05) is 83.0 Å². The fourth-order valence-electron chi connectivity index (χ4n) is 3.76. The highest BCUT2D eigenvalue weighted by Gasteiger charge is 2.17. The van der Waals surface area contributed by atoms with Crippen LogP contribution in [0.25, 0.3) is 16.9 Å². The third-order valence-corrected chi connectivity index (χ3v) is 5.55. The lowest BCUT2D eigenvalue weighted by molar-refractivity contribution is 0.130. The van der Waals surface area contributed by atoms with Crippen LogP contribution in [-0.2, 0) is 11.4 Å². The van der Waals surface area contributed by atoms with Crippen LogP contribution >= 0.6 is 0 Å². The zero-order valence-electron chi connectivity index (χ0n) is 18.6. The molecule has 0 aliphatic rings. The molecule has 0 aliphatic carbocycles. The summed E-state index contributed by atoms with van der Waals surface area (Å²) in [6.07, 6.45) is 0. The van der Waals surface area contributed by atoms with E-state index in [1.54, 1.807) is 0 Å². The minimum Gasteiger partial charge on any atom is -0.391 e. The van der Waals surface area contributed by atoms with Gasteiger partial charge in [0.25, 0.3) is 0 Å². The lowest BCUT2D eigenvalue weighted by atomic mass is 10.1. The first-order valence-corrected chi connectivity index (χ1v) is 10.6. The highest BCUT2D eigenvalue weighted by atomic mass is 16.6. The van der Waals surface area contributed by atoms with Crippen molar-refractivity contribution in [2.45, 2.75) is 34.3 Å². The van der Waals surface area contributed by atoms with Gasteiger partial charge in [-0.3, -0.25) is 0 Å². The van der Waals surface area contributed by atoms with E-state index in [0.717, 1.165) is 33.9 Å². The molecule has 0 aliphatic heterocycles. The summed E-state index contributed by atoms with van der Waals surface area (Å²) in [6, 6.07) is 29.6. The SMILES string of the molecule is C/C(=N/OCc1ccc(C)cc1)c1cc(-c2ccccc2)n(-c2ccc(C)cc2)c1C. The van der Waals surface area contributed by atoms with Gasteiger partial charge in [-0.15, -0.1) is 0 Å². The maximum atomic E-state index is 5.69. The second-order valence-electron chi connectivity index (χ2n) is 8.00. The van der Waals surface area contributed by atoms with Crippen molar-refractivity contribution in [3.05, 3.63) is 113 Å². The smallest absolute Gasteiger partial charge is 0.142 e. The van der Waals surface area contributed by atoms with Crippen LogP contribution in [0.5, 0.6) is 0 Å². The molecule has 1 aromatic heterocycles. The van der Waals surface area contributed by atoms with Crippen LogP contribution < -0.4 is 0 Å². The van der Waals surface area contributed by atoms with Crippen LogP contribution in [0.15, 0.2) is 90.1 Å². The van der Waals surface area contributed by atoms with Gasteiger partial charge in [0.15, 0.2) is 0 Å². The molecule has 4 aromatic rings. The average Bonchev–Trinajstić information content (AvgIpc) is 3.13. The molecule has 3 heteroatoms. The van der Waals surface area contributed by atoms with Gasteiger partial charge in [0.05, 0.1) is 11.4 Å². The lowest BCUT2D eigenvalue weighted by Crippen LogP contribution is -2.02. The summed E-state index contributed by atoms with van der Waals surface area (Å²) in [4.78, 5) is 5.69. The number of hydrogen-bond donors (Lipinski definition) is 0. The molecule has 1 heterocycles. The van der Waals surface area contributed by atoms with E-state index in [0.29, 0.717) is 6.61 Å². The number of aromatic nitrogens is 1. The maximum Gasteiger partial charge on any atom is 0.142 e. The summed E-state index contributed by atoms with van der Waals surface area (Å²) in [7, 11) is 0. The number of nitrogens with zero attached hydrogens (tertiary/aromatic N) is 2. The molecule has 4 rings (SSSR count). The van der Waals surface area contributed by atoms with Crippen molar-refractivity contribution in [3.8, 4) is 16.9 Å². The minimum absolute atomic E-state index is 0.459. The van der Waals surface area contributed by atoms with E-state index >= 15 is 0 Å². The van der Waals surface area contributed by atoms with E-state index in [-0.39, 0.29) is 0 Å². The third-order valence-electron chi connectivity index (χ3n) is 5.55. The Labute approximate surface area is 184 Å². The molecule has 0 bridgehead atoms. The lowest BCUT2D eigenvalue weighted by Gasteiger charge is -2.13. The van der Waals surface area contributed by atoms with Crippen molar-refractivity contribution in [3.63, 3.8) is 0 Å². The summed E-state index contributed by atoms with van der Waals surface area (Å²) in [5, 5.41) is 4.43. The summed E-state index contributed by atoms with van der Waals surface area (Å²) < 4.78 is 2.29. The van der Waals surface area contributed by atoms with E-state index in [2.05, 4.69) is 109 Å². The fourth-order valence-corrected chi connectivity index (χ4v) is 3.76. The van der Waals surface area contributed by atoms with E-state index in [1.165, 1.54) is 16.7 Å². The number of aryl methyl sites for hydroxylation is 2. The first-order chi connectivity index (χ1) is 15.0. The van der Waals surface area contributed by atoms with E-state index in [4.69, 9.17) is 4.84 Å². The van der Waals surface area contributed by atoms with Crippen molar-refractivity contribution in [2.24, 2.45) is 5.16 Å². The van der Waals surface area contributed by atoms with Gasteiger partial charge in [-0.05, 0) is 57.0 Å². The molecule has 0 N–H and O–H groups in total. The molecule has 3 aromatic carbocycles. The highest BCUT2D eigenvalue weighted by molar-refractivity contribution is 6.01. The van der Waals surface area contributed by atoms with Crippen LogP contribution in [0.4, 0.5) is 0 Å². The molecule has 0 spiro atoms. The standard InChI is InChI=1S/C28H28N2O/c1-20-10-14-24(15-11-20)19-31-29-22(3)27-18-28(25-8-6-5-7-9-25)30(23(27)4)26-16-12-21(2)13-17-26/h5-18H,19H2,1-4H3/b29-22-. The minimum atomic E-state index is 0.459. The normalized spacial score (nSPS) is 11.5. The summed E-state index contributed by atoms with van der Waals surface area (Å²) >= 11 is 0. The summed E-state index contributed by atoms with van der Waals surface area (Å²) in [6.45, 7) is 8.80. The van der Waals surface area contributed by atoms with E-state index < -0.39 is 0 Å². The van der Waals surface area contributed by atoms with Gasteiger partial charge in [0.1, 0.15) is 6.61 Å². The largest absolute Gasteiger partial charge is 0.391 e. The van der Waals surface area contributed by atoms with Gasteiger partial charge in [-0.2, -0.15) is 0 Å². The first-order valence-electron chi connectivity index (χ1n) is 10.6. The van der Waals surface area contributed by atoms with Gasteiger partial charge in [-0.25, -0.2) is 0 Å². The molecule has 0 saturated heterocycles. The van der Waals surface area contributed by atoms with Crippen LogP contribution in [0.2, 0.25) is 0 Å².